The summed E-state index contributed by atoms with van der Waals surface area (Å²) in [6, 6.07) is 3.90. The summed E-state index contributed by atoms with van der Waals surface area (Å²) in [6.07, 6.45) is 0.144. The second-order valence-electron chi connectivity index (χ2n) is 5.16. The van der Waals surface area contributed by atoms with Crippen molar-refractivity contribution in [3.63, 3.8) is 0 Å². The number of benzene rings is 1. The monoisotopic (exact) mass is 265 g/mol. The van der Waals surface area contributed by atoms with Crippen molar-refractivity contribution in [2.24, 2.45) is 0 Å². The van der Waals surface area contributed by atoms with Gasteiger partial charge in [0.1, 0.15) is 5.75 Å². The van der Waals surface area contributed by atoms with Crippen LogP contribution in [-0.4, -0.2) is 43.7 Å². The van der Waals surface area contributed by atoms with E-state index in [1.807, 2.05) is 45.0 Å². The van der Waals surface area contributed by atoms with Crippen LogP contribution in [0.3, 0.4) is 0 Å². The molecule has 106 valence electrons. The molecule has 0 aromatic heterocycles. The van der Waals surface area contributed by atoms with E-state index in [9.17, 15) is 4.79 Å². The number of likely N-dealkylation sites (N-methyl/N-ethyl adjacent to an activating group) is 1. The van der Waals surface area contributed by atoms with Crippen LogP contribution in [0.5, 0.6) is 5.75 Å². The van der Waals surface area contributed by atoms with Crippen LogP contribution in [-0.2, 0) is 4.79 Å². The molecule has 0 radical (unpaired) electrons. The minimum Gasteiger partial charge on any atom is -0.496 e. The van der Waals surface area contributed by atoms with Gasteiger partial charge in [-0.05, 0) is 50.7 Å². The molecule has 0 saturated carbocycles. The highest BCUT2D eigenvalue weighted by Crippen LogP contribution is 2.30. The first-order chi connectivity index (χ1) is 8.86. The molecule has 1 rings (SSSR count). The van der Waals surface area contributed by atoms with Gasteiger partial charge in [-0.2, -0.15) is 0 Å². The summed E-state index contributed by atoms with van der Waals surface area (Å²) in [5.41, 5.74) is 3.29. The van der Waals surface area contributed by atoms with Gasteiger partial charge in [-0.15, -0.1) is 0 Å². The Morgan fingerprint density at radius 2 is 1.95 bits per heavy atom. The summed E-state index contributed by atoms with van der Waals surface area (Å²) >= 11 is 0. The van der Waals surface area contributed by atoms with E-state index < -0.39 is 5.97 Å². The molecule has 1 atom stereocenters. The summed E-state index contributed by atoms with van der Waals surface area (Å²) < 4.78 is 5.30. The highest BCUT2D eigenvalue weighted by molar-refractivity contribution is 5.68. The second-order valence-corrected chi connectivity index (χ2v) is 5.16. The van der Waals surface area contributed by atoms with Crippen LogP contribution in [0, 0.1) is 13.8 Å². The summed E-state index contributed by atoms with van der Waals surface area (Å²) in [5.74, 6) is 0.0806. The molecule has 19 heavy (non-hydrogen) atoms. The Kier molecular flexibility index (Phi) is 5.36. The summed E-state index contributed by atoms with van der Waals surface area (Å²) in [5, 5.41) is 9.08. The molecule has 1 N–H and O–H groups in total. The second kappa shape index (κ2) is 6.57. The predicted octanol–water partition coefficient (Wildman–Crippen LogP) is 2.43. The van der Waals surface area contributed by atoms with E-state index in [4.69, 9.17) is 9.84 Å². The maximum Gasteiger partial charge on any atom is 0.304 e. The van der Waals surface area contributed by atoms with Gasteiger partial charge in [0.2, 0.25) is 0 Å². The Hall–Kier alpha value is -1.55. The van der Waals surface area contributed by atoms with Crippen LogP contribution in [0.2, 0.25) is 0 Å². The largest absolute Gasteiger partial charge is 0.496 e. The zero-order chi connectivity index (χ0) is 14.6. The number of aliphatic carboxylic acids is 1. The van der Waals surface area contributed by atoms with Gasteiger partial charge >= 0.3 is 5.97 Å². The number of carbonyl (C=O) groups is 1. The molecule has 0 bridgehead atoms. The predicted molar refractivity (Wildman–Crippen MR) is 76.0 cm³/mol. The van der Waals surface area contributed by atoms with E-state index in [0.29, 0.717) is 0 Å². The molecule has 1 unspecified atom stereocenters. The molecule has 4 heteroatoms. The van der Waals surface area contributed by atoms with Gasteiger partial charge in [-0.3, -0.25) is 4.79 Å². The molecule has 1 aromatic rings. The molecule has 0 fully saturated rings. The number of nitrogens with zero attached hydrogens (tertiary/aromatic N) is 1. The van der Waals surface area contributed by atoms with Crippen molar-refractivity contribution in [2.75, 3.05) is 27.7 Å². The maximum atomic E-state index is 11.0. The number of carboxylic acid groups (broad SMARTS) is 1. The average Bonchev–Trinajstić information content (AvgIpc) is 2.30. The number of methoxy groups -OCH3 is 1. The first kappa shape index (κ1) is 15.5. The molecule has 4 nitrogen and oxygen atoms in total. The molecular formula is C15H23NO3. The van der Waals surface area contributed by atoms with Crippen LogP contribution in [0.4, 0.5) is 0 Å². The zero-order valence-electron chi connectivity index (χ0n) is 12.4. The zero-order valence-corrected chi connectivity index (χ0v) is 12.4. The number of hydrogen-bond acceptors (Lipinski definition) is 3. The Morgan fingerprint density at radius 1 is 1.32 bits per heavy atom. The fraction of sp³-hybridized carbons (Fsp3) is 0.533. The molecule has 0 spiro atoms. The molecular weight excluding hydrogens is 242 g/mol. The fourth-order valence-electron chi connectivity index (χ4n) is 2.40. The van der Waals surface area contributed by atoms with Crippen molar-refractivity contribution < 1.29 is 14.6 Å². The third kappa shape index (κ3) is 3.96. The minimum atomic E-state index is -0.764. The fourth-order valence-corrected chi connectivity index (χ4v) is 2.40. The topological polar surface area (TPSA) is 49.8 Å². The van der Waals surface area contributed by atoms with Crippen molar-refractivity contribution in [1.29, 1.82) is 0 Å². The number of ether oxygens (including phenoxy) is 1. The smallest absolute Gasteiger partial charge is 0.304 e. The average molecular weight is 265 g/mol. The van der Waals surface area contributed by atoms with Crippen LogP contribution in [0.1, 0.15) is 29.0 Å². The number of carboxylic acids is 1. The van der Waals surface area contributed by atoms with E-state index in [0.717, 1.165) is 29.0 Å². The summed E-state index contributed by atoms with van der Waals surface area (Å²) in [6.45, 7) is 4.75. The molecule has 0 aliphatic rings. The van der Waals surface area contributed by atoms with E-state index in [2.05, 4.69) is 0 Å². The minimum absolute atomic E-state index is 0.00268. The van der Waals surface area contributed by atoms with E-state index in [-0.39, 0.29) is 12.3 Å². The Balaban J connectivity index is 3.15. The Bertz CT molecular complexity index is 455. The van der Waals surface area contributed by atoms with E-state index >= 15 is 0 Å². The van der Waals surface area contributed by atoms with Crippen molar-refractivity contribution in [3.05, 3.63) is 28.8 Å². The maximum absolute atomic E-state index is 11.0. The quantitative estimate of drug-likeness (QED) is 0.858. The van der Waals surface area contributed by atoms with Crippen molar-refractivity contribution in [2.45, 2.75) is 26.2 Å². The van der Waals surface area contributed by atoms with Crippen LogP contribution in [0.15, 0.2) is 12.1 Å². The van der Waals surface area contributed by atoms with Crippen molar-refractivity contribution >= 4 is 5.97 Å². The van der Waals surface area contributed by atoms with E-state index in [1.165, 1.54) is 0 Å². The lowest BCUT2D eigenvalue weighted by molar-refractivity contribution is -0.137. The van der Waals surface area contributed by atoms with Gasteiger partial charge in [0.15, 0.2) is 0 Å². The van der Waals surface area contributed by atoms with Crippen LogP contribution >= 0.6 is 0 Å². The van der Waals surface area contributed by atoms with Gasteiger partial charge in [0.05, 0.1) is 13.5 Å². The highest BCUT2D eigenvalue weighted by Gasteiger charge is 2.20. The third-order valence-electron chi connectivity index (χ3n) is 3.45. The molecule has 0 amide bonds. The third-order valence-corrected chi connectivity index (χ3v) is 3.45. The van der Waals surface area contributed by atoms with Gasteiger partial charge < -0.3 is 14.7 Å². The Morgan fingerprint density at radius 3 is 2.42 bits per heavy atom. The number of rotatable bonds is 6. The van der Waals surface area contributed by atoms with Crippen molar-refractivity contribution in [3.8, 4) is 5.75 Å². The first-order valence-corrected chi connectivity index (χ1v) is 6.37. The van der Waals surface area contributed by atoms with Gasteiger partial charge in [-0.1, -0.05) is 6.07 Å². The lowest BCUT2D eigenvalue weighted by Crippen LogP contribution is -2.23. The van der Waals surface area contributed by atoms with Crippen molar-refractivity contribution in [1.82, 2.24) is 4.90 Å². The normalized spacial score (nSPS) is 12.5. The first-order valence-electron chi connectivity index (χ1n) is 6.37. The van der Waals surface area contributed by atoms with Gasteiger partial charge in [0, 0.05) is 12.5 Å². The number of hydrogen-bond donors (Lipinski definition) is 1. The SMILES string of the molecule is COc1ccc(C(CC(=O)O)CN(C)C)c(C)c1C. The molecule has 1 aromatic carbocycles. The lowest BCUT2D eigenvalue weighted by atomic mass is 9.89. The molecule has 0 heterocycles. The van der Waals surface area contributed by atoms with Crippen LogP contribution < -0.4 is 4.74 Å². The van der Waals surface area contributed by atoms with E-state index in [1.54, 1.807) is 7.11 Å². The molecule has 0 saturated heterocycles. The summed E-state index contributed by atoms with van der Waals surface area (Å²) in [4.78, 5) is 13.1. The van der Waals surface area contributed by atoms with Gasteiger partial charge in [-0.25, -0.2) is 0 Å². The molecule has 0 aliphatic heterocycles. The van der Waals surface area contributed by atoms with Gasteiger partial charge in [0.25, 0.3) is 0 Å². The lowest BCUT2D eigenvalue weighted by Gasteiger charge is -2.23. The van der Waals surface area contributed by atoms with Crippen LogP contribution in [0.25, 0.3) is 0 Å². The highest BCUT2D eigenvalue weighted by atomic mass is 16.5. The summed E-state index contributed by atoms with van der Waals surface area (Å²) in [7, 11) is 5.57. The standard InChI is InChI=1S/C15H23NO3/c1-10-11(2)14(19-5)7-6-13(10)12(8-15(17)18)9-16(3)4/h6-7,12H,8-9H2,1-5H3,(H,17,18). The Labute approximate surface area is 115 Å². The molecule has 0 aliphatic carbocycles.